The van der Waals surface area contributed by atoms with Crippen molar-refractivity contribution in [3.05, 3.63) is 63.7 Å². The largest absolute Gasteiger partial charge is 0.416 e. The van der Waals surface area contributed by atoms with Gasteiger partial charge in [0.05, 0.1) is 11.1 Å². The Morgan fingerprint density at radius 3 is 2.21 bits per heavy atom. The predicted octanol–water partition coefficient (Wildman–Crippen LogP) is 7.85. The Kier molecular flexibility index (Phi) is 9.09. The van der Waals surface area contributed by atoms with Crippen LogP contribution in [0, 0.1) is 10.9 Å². The summed E-state index contributed by atoms with van der Waals surface area (Å²) >= 11 is 0. The van der Waals surface area contributed by atoms with Crippen LogP contribution in [0.25, 0.3) is 0 Å². The summed E-state index contributed by atoms with van der Waals surface area (Å²) in [5.41, 5.74) is 8.95. The summed E-state index contributed by atoms with van der Waals surface area (Å²) in [5.74, 6) is -0.504. The third-order valence-corrected chi connectivity index (χ3v) is 7.03. The quantitative estimate of drug-likeness (QED) is 0.169. The first kappa shape index (κ1) is 29.4. The van der Waals surface area contributed by atoms with Crippen molar-refractivity contribution in [2.45, 2.75) is 77.3 Å². The summed E-state index contributed by atoms with van der Waals surface area (Å²) in [5, 5.41) is 11.5. The highest BCUT2D eigenvalue weighted by molar-refractivity contribution is 5.77. The topological polar surface area (TPSA) is 66.5 Å². The second kappa shape index (κ2) is 11.7. The van der Waals surface area contributed by atoms with E-state index in [1.54, 1.807) is 0 Å². The summed E-state index contributed by atoms with van der Waals surface area (Å²) < 4.78 is 80.6. The van der Waals surface area contributed by atoms with Crippen molar-refractivity contribution in [1.29, 1.82) is 10.9 Å². The van der Waals surface area contributed by atoms with Gasteiger partial charge in [-0.2, -0.15) is 26.3 Å². The van der Waals surface area contributed by atoms with E-state index in [4.69, 9.17) is 10.9 Å². The number of hydrogen-bond acceptors (Lipinski definition) is 3. The molecule has 5 nitrogen and oxygen atoms in total. The lowest BCUT2D eigenvalue weighted by atomic mass is 9.89. The highest BCUT2D eigenvalue weighted by atomic mass is 19.4. The van der Waals surface area contributed by atoms with Crippen LogP contribution in [0.3, 0.4) is 0 Å². The lowest BCUT2D eigenvalue weighted by molar-refractivity contribution is -0.143. The van der Waals surface area contributed by atoms with Gasteiger partial charge < -0.3 is 9.80 Å². The number of nitrogens with zero attached hydrogens (tertiary/aromatic N) is 3. The van der Waals surface area contributed by atoms with Gasteiger partial charge in [-0.15, -0.1) is 5.11 Å². The summed E-state index contributed by atoms with van der Waals surface area (Å²) in [6.45, 7) is 4.50. The number of hydrogen-bond donors (Lipinski definition) is 2. The lowest BCUT2D eigenvalue weighted by Crippen LogP contribution is -2.42. The molecule has 1 heterocycles. The van der Waals surface area contributed by atoms with Crippen LogP contribution >= 0.6 is 0 Å². The maximum absolute atomic E-state index is 13.4. The van der Waals surface area contributed by atoms with Gasteiger partial charge in [-0.05, 0) is 72.6 Å². The molecular weight excluding hydrogens is 508 g/mol. The van der Waals surface area contributed by atoms with Gasteiger partial charge in [0, 0.05) is 31.9 Å². The van der Waals surface area contributed by atoms with Crippen LogP contribution in [0.4, 0.5) is 32.0 Å². The van der Waals surface area contributed by atoms with E-state index in [2.05, 4.69) is 29.9 Å². The van der Waals surface area contributed by atoms with Crippen molar-refractivity contribution in [2.75, 3.05) is 18.5 Å². The van der Waals surface area contributed by atoms with Crippen LogP contribution < -0.4 is 4.90 Å². The molecule has 1 aliphatic heterocycles. The van der Waals surface area contributed by atoms with Gasteiger partial charge in [0.15, 0.2) is 0 Å². The van der Waals surface area contributed by atoms with Gasteiger partial charge in [0.25, 0.3) is 0 Å². The third kappa shape index (κ3) is 6.66. The fourth-order valence-corrected chi connectivity index (χ4v) is 5.27. The number of aryl methyl sites for hydroxylation is 1. The minimum Gasteiger partial charge on any atom is -0.374 e. The van der Waals surface area contributed by atoms with Crippen molar-refractivity contribution in [1.82, 2.24) is 4.90 Å². The van der Waals surface area contributed by atoms with E-state index in [1.807, 2.05) is 13.1 Å². The van der Waals surface area contributed by atoms with Gasteiger partial charge in [-0.3, -0.25) is 5.41 Å². The summed E-state index contributed by atoms with van der Waals surface area (Å²) in [4.78, 5) is 3.56. The first-order valence-electron chi connectivity index (χ1n) is 12.7. The Labute approximate surface area is 218 Å². The fraction of sp³-hybridized carbons (Fsp3) is 0.519. The van der Waals surface area contributed by atoms with E-state index in [0.717, 1.165) is 30.5 Å². The molecule has 0 fully saturated rings. The first-order valence-corrected chi connectivity index (χ1v) is 12.7. The number of nitrogens with one attached hydrogen (secondary N) is 2. The van der Waals surface area contributed by atoms with Gasteiger partial charge in [-0.25, -0.2) is 5.53 Å². The molecule has 0 spiro atoms. The Morgan fingerprint density at radius 2 is 1.68 bits per heavy atom. The maximum Gasteiger partial charge on any atom is 0.416 e. The number of guanidine groups is 1. The number of rotatable bonds is 6. The van der Waals surface area contributed by atoms with E-state index < -0.39 is 42.0 Å². The molecule has 0 bridgehead atoms. The van der Waals surface area contributed by atoms with Crippen LogP contribution in [0.5, 0.6) is 0 Å². The molecule has 0 amide bonds. The van der Waals surface area contributed by atoms with Crippen molar-refractivity contribution in [3.8, 4) is 0 Å². The standard InChI is InChI=1S/C27H33F6N5/c1-4-7-23-18(5-2)9-10-19-14-22(8-6-11-37(3)24(19)23)38(25(34)36-35)16-17-12-20(26(28,29)30)15-21(13-17)27(31,32)33/h9-10,12-13,15,22,34-35H,4-8,11,14,16H2,1-3H3. The molecule has 2 aromatic carbocycles. The second-order valence-corrected chi connectivity index (χ2v) is 9.71. The minimum absolute atomic E-state index is 0.0937. The molecule has 11 heteroatoms. The van der Waals surface area contributed by atoms with Crippen molar-refractivity contribution in [2.24, 2.45) is 5.11 Å². The Morgan fingerprint density at radius 1 is 1.05 bits per heavy atom. The molecule has 0 radical (unpaired) electrons. The highest BCUT2D eigenvalue weighted by Gasteiger charge is 2.37. The average molecular weight is 542 g/mol. The van der Waals surface area contributed by atoms with Crippen molar-refractivity contribution < 1.29 is 26.3 Å². The molecular formula is C27H33F6N5. The molecule has 1 aliphatic rings. The van der Waals surface area contributed by atoms with E-state index in [1.165, 1.54) is 16.0 Å². The van der Waals surface area contributed by atoms with Crippen LogP contribution in [0.1, 0.15) is 66.5 Å². The highest BCUT2D eigenvalue weighted by Crippen LogP contribution is 2.38. The zero-order chi connectivity index (χ0) is 28.3. The number of halogens is 6. The number of fused-ring (bicyclic) bond motifs is 1. The second-order valence-electron chi connectivity index (χ2n) is 9.71. The van der Waals surface area contributed by atoms with Crippen molar-refractivity contribution in [3.63, 3.8) is 0 Å². The SMILES string of the molecule is CCCc1c(CC)ccc2c1N(C)CCCC(N(Cc1cc(C(F)(F)F)cc(C(F)(F)F)c1)C(=N)N=N)C2. The zero-order valence-corrected chi connectivity index (χ0v) is 21.7. The fourth-order valence-electron chi connectivity index (χ4n) is 5.27. The number of anilines is 1. The molecule has 0 aromatic heterocycles. The molecule has 208 valence electrons. The first-order chi connectivity index (χ1) is 17.8. The van der Waals surface area contributed by atoms with E-state index in [9.17, 15) is 26.3 Å². The zero-order valence-electron chi connectivity index (χ0n) is 21.7. The normalized spacial score (nSPS) is 16.4. The van der Waals surface area contributed by atoms with Crippen LogP contribution in [0.2, 0.25) is 0 Å². The predicted molar refractivity (Wildman–Crippen MR) is 135 cm³/mol. The van der Waals surface area contributed by atoms with Crippen LogP contribution in [0.15, 0.2) is 35.4 Å². The maximum atomic E-state index is 13.4. The number of alkyl halides is 6. The van der Waals surface area contributed by atoms with E-state index >= 15 is 0 Å². The Balaban J connectivity index is 2.07. The van der Waals surface area contributed by atoms with E-state index in [0.29, 0.717) is 37.9 Å². The Bertz CT molecular complexity index is 1130. The molecule has 2 aromatic rings. The smallest absolute Gasteiger partial charge is 0.374 e. The number of benzene rings is 2. The van der Waals surface area contributed by atoms with Gasteiger partial charge in [0.2, 0.25) is 5.96 Å². The van der Waals surface area contributed by atoms with Gasteiger partial charge in [-0.1, -0.05) is 32.4 Å². The summed E-state index contributed by atoms with van der Waals surface area (Å²) in [7, 11) is 2.03. The van der Waals surface area contributed by atoms with Gasteiger partial charge in [0.1, 0.15) is 0 Å². The lowest BCUT2D eigenvalue weighted by Gasteiger charge is -2.37. The average Bonchev–Trinajstić information content (AvgIpc) is 2.84. The molecule has 38 heavy (non-hydrogen) atoms. The molecule has 0 saturated carbocycles. The van der Waals surface area contributed by atoms with Crippen LogP contribution in [-0.4, -0.2) is 30.5 Å². The Hall–Kier alpha value is -3.11. The molecule has 1 atom stereocenters. The summed E-state index contributed by atoms with van der Waals surface area (Å²) in [6, 6.07) is 5.11. The minimum atomic E-state index is -4.97. The molecule has 1 unspecified atom stereocenters. The molecule has 3 rings (SSSR count). The molecule has 0 aliphatic carbocycles. The van der Waals surface area contributed by atoms with Crippen molar-refractivity contribution >= 4 is 11.6 Å². The monoisotopic (exact) mass is 541 g/mol. The van der Waals surface area contributed by atoms with E-state index in [-0.39, 0.29) is 11.6 Å². The third-order valence-electron chi connectivity index (χ3n) is 7.03. The molecule has 0 saturated heterocycles. The summed E-state index contributed by atoms with van der Waals surface area (Å²) in [6.07, 6.45) is -5.59. The van der Waals surface area contributed by atoms with Crippen LogP contribution in [-0.2, 0) is 38.2 Å². The molecule has 2 N–H and O–H groups in total. The van der Waals surface area contributed by atoms with Gasteiger partial charge >= 0.3 is 12.4 Å².